The molecule has 1 N–H and O–H groups in total. The number of fused-ring (bicyclic) bond motifs is 1. The van der Waals surface area contributed by atoms with Crippen molar-refractivity contribution in [2.24, 2.45) is 0 Å². The Bertz CT molecular complexity index is 668. The van der Waals surface area contributed by atoms with Crippen LogP contribution in [0.2, 0.25) is 0 Å². The molecule has 0 saturated heterocycles. The minimum absolute atomic E-state index is 0.000267. The van der Waals surface area contributed by atoms with Crippen LogP contribution in [-0.4, -0.2) is 7.05 Å². The van der Waals surface area contributed by atoms with Gasteiger partial charge in [0.15, 0.2) is 0 Å². The van der Waals surface area contributed by atoms with Crippen LogP contribution in [0.5, 0.6) is 5.75 Å². The lowest BCUT2D eigenvalue weighted by Crippen LogP contribution is -2.27. The van der Waals surface area contributed by atoms with Crippen molar-refractivity contribution in [3.8, 4) is 5.75 Å². The molecule has 0 aliphatic carbocycles. The molecule has 3 rings (SSSR count). The zero-order chi connectivity index (χ0) is 15.0. The summed E-state index contributed by atoms with van der Waals surface area (Å²) in [5.41, 5.74) is 4.62. The number of rotatable bonds is 2. The summed E-state index contributed by atoms with van der Waals surface area (Å²) in [6.45, 7) is 4.22. The van der Waals surface area contributed by atoms with E-state index in [1.807, 2.05) is 7.05 Å². The summed E-state index contributed by atoms with van der Waals surface area (Å²) in [5.74, 6) is 0.549. The van der Waals surface area contributed by atoms with Crippen molar-refractivity contribution in [1.29, 1.82) is 0 Å². The first kappa shape index (κ1) is 14.1. The zero-order valence-electron chi connectivity index (χ0n) is 12.6. The van der Waals surface area contributed by atoms with Gasteiger partial charge in [-0.1, -0.05) is 18.2 Å². The molecule has 0 amide bonds. The molecule has 0 fully saturated rings. The molecule has 3 heteroatoms. The summed E-state index contributed by atoms with van der Waals surface area (Å²) in [4.78, 5) is 0. The van der Waals surface area contributed by atoms with Gasteiger partial charge >= 0.3 is 0 Å². The van der Waals surface area contributed by atoms with Gasteiger partial charge in [-0.3, -0.25) is 0 Å². The van der Waals surface area contributed by atoms with Crippen LogP contribution in [0, 0.1) is 19.7 Å². The minimum Gasteiger partial charge on any atom is -0.485 e. The van der Waals surface area contributed by atoms with E-state index in [-0.39, 0.29) is 18.0 Å². The molecular weight excluding hydrogens is 265 g/mol. The van der Waals surface area contributed by atoms with Crippen molar-refractivity contribution in [2.75, 3.05) is 7.05 Å². The highest BCUT2D eigenvalue weighted by Crippen LogP contribution is 2.41. The van der Waals surface area contributed by atoms with E-state index in [1.54, 1.807) is 12.1 Å². The monoisotopic (exact) mass is 285 g/mol. The molecule has 2 atom stereocenters. The number of hydrogen-bond donors (Lipinski definition) is 1. The van der Waals surface area contributed by atoms with E-state index in [9.17, 15) is 4.39 Å². The average molecular weight is 285 g/mol. The van der Waals surface area contributed by atoms with Crippen molar-refractivity contribution in [3.05, 3.63) is 64.5 Å². The summed E-state index contributed by atoms with van der Waals surface area (Å²) in [6, 6.07) is 11.3. The molecule has 0 bridgehead atoms. The normalized spacial score (nSPS) is 20.8. The summed E-state index contributed by atoms with van der Waals surface area (Å²) in [7, 11) is 1.90. The maximum Gasteiger partial charge on any atom is 0.126 e. The maximum atomic E-state index is 13.4. The van der Waals surface area contributed by atoms with E-state index in [2.05, 4.69) is 37.4 Å². The number of aryl methyl sites for hydroxylation is 2. The van der Waals surface area contributed by atoms with Crippen LogP contribution in [0.4, 0.5) is 4.39 Å². The average Bonchev–Trinajstić information content (AvgIpc) is 2.49. The molecule has 21 heavy (non-hydrogen) atoms. The molecule has 0 radical (unpaired) electrons. The summed E-state index contributed by atoms with van der Waals surface area (Å²) >= 11 is 0. The summed E-state index contributed by atoms with van der Waals surface area (Å²) in [5, 5.41) is 3.27. The smallest absolute Gasteiger partial charge is 0.126 e. The van der Waals surface area contributed by atoms with Gasteiger partial charge in [0.05, 0.1) is 0 Å². The highest BCUT2D eigenvalue weighted by Gasteiger charge is 2.28. The fourth-order valence-electron chi connectivity index (χ4n) is 2.88. The van der Waals surface area contributed by atoms with Gasteiger partial charge in [0, 0.05) is 18.0 Å². The molecule has 1 heterocycles. The Kier molecular flexibility index (Phi) is 3.68. The molecule has 2 aromatic carbocycles. The lowest BCUT2D eigenvalue weighted by atomic mass is 9.92. The summed E-state index contributed by atoms with van der Waals surface area (Å²) in [6.07, 6.45) is 0.801. The van der Waals surface area contributed by atoms with Gasteiger partial charge in [-0.05, 0) is 55.8 Å². The Morgan fingerprint density at radius 3 is 2.62 bits per heavy atom. The SMILES string of the molecule is CNC1CC(c2ccc(C)c(C)c2)Oc2ccc(F)cc21. The van der Waals surface area contributed by atoms with Crippen LogP contribution in [0.3, 0.4) is 0 Å². The molecule has 0 aromatic heterocycles. The molecule has 2 unspecified atom stereocenters. The van der Waals surface area contributed by atoms with Crippen LogP contribution >= 0.6 is 0 Å². The highest BCUT2D eigenvalue weighted by atomic mass is 19.1. The molecule has 2 nitrogen and oxygen atoms in total. The standard InChI is InChI=1S/C18H20FNO/c1-11-4-5-13(8-12(11)2)18-10-16(20-3)15-9-14(19)6-7-17(15)21-18/h4-9,16,18,20H,10H2,1-3H3. The highest BCUT2D eigenvalue weighted by molar-refractivity contribution is 5.40. The first-order chi connectivity index (χ1) is 10.1. The van der Waals surface area contributed by atoms with Crippen molar-refractivity contribution in [2.45, 2.75) is 32.4 Å². The van der Waals surface area contributed by atoms with Crippen molar-refractivity contribution in [1.82, 2.24) is 5.32 Å². The first-order valence-electron chi connectivity index (χ1n) is 7.29. The fourth-order valence-corrected chi connectivity index (χ4v) is 2.88. The molecular formula is C18H20FNO. The third-order valence-corrected chi connectivity index (χ3v) is 4.32. The van der Waals surface area contributed by atoms with Gasteiger partial charge in [0.2, 0.25) is 0 Å². The lowest BCUT2D eigenvalue weighted by molar-refractivity contribution is 0.153. The molecule has 1 aliphatic heterocycles. The Balaban J connectivity index is 1.96. The predicted octanol–water partition coefficient (Wildman–Crippen LogP) is 4.23. The molecule has 0 spiro atoms. The second-order valence-corrected chi connectivity index (χ2v) is 5.71. The number of benzene rings is 2. The zero-order valence-corrected chi connectivity index (χ0v) is 12.6. The van der Waals surface area contributed by atoms with E-state index in [0.29, 0.717) is 0 Å². The Labute approximate surface area is 125 Å². The second kappa shape index (κ2) is 5.49. The van der Waals surface area contributed by atoms with E-state index in [4.69, 9.17) is 4.74 Å². The van der Waals surface area contributed by atoms with Gasteiger partial charge in [0.1, 0.15) is 17.7 Å². The van der Waals surface area contributed by atoms with E-state index >= 15 is 0 Å². The van der Waals surface area contributed by atoms with Gasteiger partial charge in [0.25, 0.3) is 0 Å². The second-order valence-electron chi connectivity index (χ2n) is 5.71. The van der Waals surface area contributed by atoms with Crippen molar-refractivity contribution < 1.29 is 9.13 Å². The van der Waals surface area contributed by atoms with Crippen LogP contribution in [0.1, 0.15) is 40.8 Å². The Morgan fingerprint density at radius 2 is 1.90 bits per heavy atom. The fraction of sp³-hybridized carbons (Fsp3) is 0.333. The number of hydrogen-bond acceptors (Lipinski definition) is 2. The maximum absolute atomic E-state index is 13.4. The van der Waals surface area contributed by atoms with Crippen LogP contribution < -0.4 is 10.1 Å². The largest absolute Gasteiger partial charge is 0.485 e. The van der Waals surface area contributed by atoms with Crippen LogP contribution in [-0.2, 0) is 0 Å². The third-order valence-electron chi connectivity index (χ3n) is 4.32. The Morgan fingerprint density at radius 1 is 1.10 bits per heavy atom. The van der Waals surface area contributed by atoms with E-state index in [0.717, 1.165) is 17.7 Å². The number of halogens is 1. The Hall–Kier alpha value is -1.87. The summed E-state index contributed by atoms with van der Waals surface area (Å²) < 4.78 is 19.5. The third kappa shape index (κ3) is 2.66. The molecule has 110 valence electrons. The van der Waals surface area contributed by atoms with Crippen molar-refractivity contribution in [3.63, 3.8) is 0 Å². The molecule has 0 saturated carbocycles. The quantitative estimate of drug-likeness (QED) is 0.891. The predicted molar refractivity (Wildman–Crippen MR) is 82.1 cm³/mol. The number of nitrogens with one attached hydrogen (secondary N) is 1. The lowest BCUT2D eigenvalue weighted by Gasteiger charge is -2.32. The number of ether oxygens (including phenoxy) is 1. The molecule has 2 aromatic rings. The van der Waals surface area contributed by atoms with E-state index in [1.165, 1.54) is 22.8 Å². The van der Waals surface area contributed by atoms with E-state index < -0.39 is 0 Å². The van der Waals surface area contributed by atoms with Gasteiger partial charge < -0.3 is 10.1 Å². The minimum atomic E-state index is -0.220. The van der Waals surface area contributed by atoms with Crippen LogP contribution in [0.15, 0.2) is 36.4 Å². The molecule has 1 aliphatic rings. The van der Waals surface area contributed by atoms with Gasteiger partial charge in [-0.15, -0.1) is 0 Å². The van der Waals surface area contributed by atoms with Gasteiger partial charge in [-0.25, -0.2) is 4.39 Å². The van der Waals surface area contributed by atoms with Crippen LogP contribution in [0.25, 0.3) is 0 Å². The van der Waals surface area contributed by atoms with Crippen molar-refractivity contribution >= 4 is 0 Å². The van der Waals surface area contributed by atoms with Gasteiger partial charge in [-0.2, -0.15) is 0 Å². The topological polar surface area (TPSA) is 21.3 Å². The first-order valence-corrected chi connectivity index (χ1v) is 7.29.